The van der Waals surface area contributed by atoms with Crippen LogP contribution in [0.25, 0.3) is 10.8 Å². The van der Waals surface area contributed by atoms with Gasteiger partial charge in [0.2, 0.25) is 5.91 Å². The number of ether oxygens (including phenoxy) is 1. The molecule has 172 valence electrons. The monoisotopic (exact) mass is 450 g/mol. The van der Waals surface area contributed by atoms with Crippen LogP contribution in [0.15, 0.2) is 72.8 Å². The van der Waals surface area contributed by atoms with Gasteiger partial charge in [0.25, 0.3) is 0 Å². The zero-order valence-corrected chi connectivity index (χ0v) is 18.1. The normalized spacial score (nSPS) is 13.5. The molecule has 33 heavy (non-hydrogen) atoms. The fourth-order valence-electron chi connectivity index (χ4n) is 3.36. The van der Waals surface area contributed by atoms with Gasteiger partial charge in [-0.1, -0.05) is 72.8 Å². The van der Waals surface area contributed by atoms with Crippen LogP contribution in [-0.2, 0) is 27.4 Å². The SMILES string of the molecule is C[C@@H](O)[C@H](NC(=O)OCc1ccccc1)C(=O)N[C@@H](Cc1ccc2ccccc2c1)C(=O)O. The average molecular weight is 450 g/mol. The van der Waals surface area contributed by atoms with E-state index < -0.39 is 36.2 Å². The van der Waals surface area contributed by atoms with Gasteiger partial charge in [0, 0.05) is 6.42 Å². The maximum atomic E-state index is 12.7. The van der Waals surface area contributed by atoms with E-state index in [9.17, 15) is 24.6 Å². The van der Waals surface area contributed by atoms with Gasteiger partial charge < -0.3 is 25.6 Å². The van der Waals surface area contributed by atoms with Crippen LogP contribution >= 0.6 is 0 Å². The lowest BCUT2D eigenvalue weighted by Gasteiger charge is -2.23. The van der Waals surface area contributed by atoms with Gasteiger partial charge in [0.15, 0.2) is 0 Å². The Morgan fingerprint density at radius 3 is 2.21 bits per heavy atom. The third-order valence-electron chi connectivity index (χ3n) is 5.12. The number of carboxylic acids is 1. The number of hydrogen-bond donors (Lipinski definition) is 4. The van der Waals surface area contributed by atoms with Gasteiger partial charge in [0.05, 0.1) is 6.10 Å². The number of aliphatic hydroxyl groups excluding tert-OH is 1. The molecule has 0 aliphatic rings. The second-order valence-electron chi connectivity index (χ2n) is 7.71. The molecule has 0 fully saturated rings. The van der Waals surface area contributed by atoms with Crippen LogP contribution in [0.4, 0.5) is 4.79 Å². The van der Waals surface area contributed by atoms with Crippen molar-refractivity contribution in [2.45, 2.75) is 38.1 Å². The topological polar surface area (TPSA) is 125 Å². The highest BCUT2D eigenvalue weighted by Crippen LogP contribution is 2.17. The fraction of sp³-hybridized carbons (Fsp3) is 0.240. The first-order chi connectivity index (χ1) is 15.8. The number of alkyl carbamates (subject to hydrolysis) is 1. The van der Waals surface area contributed by atoms with Crippen LogP contribution in [-0.4, -0.2) is 46.4 Å². The molecule has 3 rings (SSSR count). The minimum atomic E-state index is -1.38. The Morgan fingerprint density at radius 2 is 1.55 bits per heavy atom. The standard InChI is InChI=1S/C25H26N2O6/c1-16(28)22(27-25(32)33-15-17-7-3-2-4-8-17)23(29)26-21(24(30)31)14-18-11-12-19-9-5-6-10-20(19)13-18/h2-13,16,21-22,28H,14-15H2,1H3,(H,26,29)(H,27,32)(H,30,31)/t16-,21+,22+/m1/s1. The zero-order chi connectivity index (χ0) is 23.8. The number of carboxylic acid groups (broad SMARTS) is 1. The van der Waals surface area contributed by atoms with Gasteiger partial charge in [-0.15, -0.1) is 0 Å². The second kappa shape index (κ2) is 11.1. The lowest BCUT2D eigenvalue weighted by molar-refractivity contribution is -0.142. The minimum Gasteiger partial charge on any atom is -0.480 e. The number of carbonyl (C=O) groups excluding carboxylic acids is 2. The highest BCUT2D eigenvalue weighted by atomic mass is 16.5. The summed E-state index contributed by atoms with van der Waals surface area (Å²) >= 11 is 0. The van der Waals surface area contributed by atoms with Crippen LogP contribution in [0.3, 0.4) is 0 Å². The molecule has 8 heteroatoms. The van der Waals surface area contributed by atoms with Crippen molar-refractivity contribution in [2.75, 3.05) is 0 Å². The van der Waals surface area contributed by atoms with Crippen molar-refractivity contribution in [3.63, 3.8) is 0 Å². The maximum Gasteiger partial charge on any atom is 0.408 e. The van der Waals surface area contributed by atoms with E-state index in [0.29, 0.717) is 0 Å². The fourth-order valence-corrected chi connectivity index (χ4v) is 3.36. The quantitative estimate of drug-likeness (QED) is 0.397. The van der Waals surface area contributed by atoms with Gasteiger partial charge in [0.1, 0.15) is 18.7 Å². The first-order valence-corrected chi connectivity index (χ1v) is 10.5. The van der Waals surface area contributed by atoms with Crippen molar-refractivity contribution in [1.82, 2.24) is 10.6 Å². The van der Waals surface area contributed by atoms with Gasteiger partial charge in [-0.3, -0.25) is 4.79 Å². The zero-order valence-electron chi connectivity index (χ0n) is 18.1. The molecule has 3 atom stereocenters. The molecule has 0 unspecified atom stereocenters. The second-order valence-corrected chi connectivity index (χ2v) is 7.71. The molecular weight excluding hydrogens is 424 g/mol. The highest BCUT2D eigenvalue weighted by Gasteiger charge is 2.30. The largest absolute Gasteiger partial charge is 0.480 e. The Bertz CT molecular complexity index is 1120. The summed E-state index contributed by atoms with van der Waals surface area (Å²) in [4.78, 5) is 36.6. The average Bonchev–Trinajstić information content (AvgIpc) is 2.81. The predicted molar refractivity (Wildman–Crippen MR) is 122 cm³/mol. The van der Waals surface area contributed by atoms with Crippen molar-refractivity contribution in [3.8, 4) is 0 Å². The van der Waals surface area contributed by atoms with Crippen LogP contribution in [0.5, 0.6) is 0 Å². The van der Waals surface area contributed by atoms with E-state index in [0.717, 1.165) is 21.9 Å². The van der Waals surface area contributed by atoms with E-state index in [1.54, 1.807) is 30.3 Å². The van der Waals surface area contributed by atoms with Crippen molar-refractivity contribution in [2.24, 2.45) is 0 Å². The van der Waals surface area contributed by atoms with E-state index in [2.05, 4.69) is 10.6 Å². The molecule has 0 spiro atoms. The summed E-state index contributed by atoms with van der Waals surface area (Å²) in [6, 6.07) is 19.6. The molecule has 3 aromatic carbocycles. The smallest absolute Gasteiger partial charge is 0.408 e. The van der Waals surface area contributed by atoms with Gasteiger partial charge in [-0.25, -0.2) is 9.59 Å². The van der Waals surface area contributed by atoms with E-state index >= 15 is 0 Å². The van der Waals surface area contributed by atoms with Gasteiger partial charge in [-0.2, -0.15) is 0 Å². The highest BCUT2D eigenvalue weighted by molar-refractivity contribution is 5.90. The lowest BCUT2D eigenvalue weighted by Crippen LogP contribution is -2.56. The number of rotatable bonds is 9. The Labute approximate surface area is 191 Å². The number of benzene rings is 3. The molecular formula is C25H26N2O6. The predicted octanol–water partition coefficient (Wildman–Crippen LogP) is 2.63. The van der Waals surface area contributed by atoms with Crippen LogP contribution in [0.1, 0.15) is 18.1 Å². The molecule has 0 bridgehead atoms. The number of hydrogen-bond acceptors (Lipinski definition) is 5. The third kappa shape index (κ3) is 6.78. The Kier molecular flexibility index (Phi) is 7.99. The first kappa shape index (κ1) is 23.7. The van der Waals surface area contributed by atoms with E-state index in [1.807, 2.05) is 42.5 Å². The number of fused-ring (bicyclic) bond motifs is 1. The number of amides is 2. The molecule has 2 amide bonds. The molecule has 0 saturated heterocycles. The van der Waals surface area contributed by atoms with E-state index in [4.69, 9.17) is 4.74 Å². The summed E-state index contributed by atoms with van der Waals surface area (Å²) in [6.45, 7) is 1.31. The molecule has 0 saturated carbocycles. The molecule has 8 nitrogen and oxygen atoms in total. The van der Waals surface area contributed by atoms with Crippen molar-refractivity contribution in [3.05, 3.63) is 83.9 Å². The number of carbonyl (C=O) groups is 3. The summed E-state index contributed by atoms with van der Waals surface area (Å²) < 4.78 is 5.09. The maximum absolute atomic E-state index is 12.7. The number of aliphatic hydroxyl groups is 1. The molecule has 0 aliphatic carbocycles. The molecule has 0 aromatic heterocycles. The molecule has 0 aliphatic heterocycles. The van der Waals surface area contributed by atoms with Crippen LogP contribution in [0, 0.1) is 0 Å². The Balaban J connectivity index is 1.63. The summed E-state index contributed by atoms with van der Waals surface area (Å²) in [5, 5.41) is 26.3. The minimum absolute atomic E-state index is 0.0134. The summed E-state index contributed by atoms with van der Waals surface area (Å²) in [5.41, 5.74) is 1.48. The summed E-state index contributed by atoms with van der Waals surface area (Å²) in [7, 11) is 0. The van der Waals surface area contributed by atoms with Gasteiger partial charge in [-0.05, 0) is 28.8 Å². The van der Waals surface area contributed by atoms with Crippen LogP contribution < -0.4 is 10.6 Å². The van der Waals surface area contributed by atoms with E-state index in [-0.39, 0.29) is 13.0 Å². The summed E-state index contributed by atoms with van der Waals surface area (Å²) in [5.74, 6) is -2.05. The number of nitrogens with one attached hydrogen (secondary N) is 2. The van der Waals surface area contributed by atoms with Crippen molar-refractivity contribution >= 4 is 28.7 Å². The van der Waals surface area contributed by atoms with Crippen LogP contribution in [0.2, 0.25) is 0 Å². The Morgan fingerprint density at radius 1 is 0.879 bits per heavy atom. The summed E-state index contributed by atoms with van der Waals surface area (Å²) in [6.07, 6.45) is -2.14. The third-order valence-corrected chi connectivity index (χ3v) is 5.12. The first-order valence-electron chi connectivity index (χ1n) is 10.5. The molecule has 0 radical (unpaired) electrons. The molecule has 4 N–H and O–H groups in total. The Hall–Kier alpha value is -3.91. The lowest BCUT2D eigenvalue weighted by atomic mass is 10.0. The van der Waals surface area contributed by atoms with E-state index in [1.165, 1.54) is 6.92 Å². The van der Waals surface area contributed by atoms with Crippen molar-refractivity contribution < 1.29 is 29.3 Å². The molecule has 0 heterocycles. The molecule has 3 aromatic rings. The van der Waals surface area contributed by atoms with Gasteiger partial charge >= 0.3 is 12.1 Å². The van der Waals surface area contributed by atoms with Crippen molar-refractivity contribution in [1.29, 1.82) is 0 Å². The number of aliphatic carboxylic acids is 1.